The zero-order chi connectivity index (χ0) is 22.0. The van der Waals surface area contributed by atoms with Gasteiger partial charge in [-0.15, -0.1) is 0 Å². The second-order valence-electron chi connectivity index (χ2n) is 9.80. The number of nitrogens with zero attached hydrogens (tertiary/aromatic N) is 6. The van der Waals surface area contributed by atoms with Gasteiger partial charge in [-0.2, -0.15) is 5.10 Å². The summed E-state index contributed by atoms with van der Waals surface area (Å²) in [6.45, 7) is 12.3. The Hall–Kier alpha value is -2.45. The number of rotatable bonds is 4. The smallest absolute Gasteiger partial charge is 0.188 e. The van der Waals surface area contributed by atoms with Gasteiger partial charge in [-0.3, -0.25) is 4.90 Å². The van der Waals surface area contributed by atoms with Crippen molar-refractivity contribution in [3.63, 3.8) is 0 Å². The summed E-state index contributed by atoms with van der Waals surface area (Å²) in [6, 6.07) is 3.53. The molecule has 1 aliphatic heterocycles. The van der Waals surface area contributed by atoms with E-state index in [0.717, 1.165) is 58.8 Å². The molecule has 1 N–H and O–H groups in total. The Morgan fingerprint density at radius 3 is 2.78 bits per heavy atom. The number of H-pyrrole nitrogens is 1. The van der Waals surface area contributed by atoms with Crippen molar-refractivity contribution < 1.29 is 0 Å². The molecular weight excluding hydrogens is 418 g/mol. The summed E-state index contributed by atoms with van der Waals surface area (Å²) >= 11 is 1.80. The molecule has 4 aromatic rings. The van der Waals surface area contributed by atoms with E-state index in [0.29, 0.717) is 12.0 Å². The third-order valence-electron chi connectivity index (χ3n) is 7.30. The van der Waals surface area contributed by atoms with Crippen LogP contribution in [-0.2, 0) is 0 Å². The molecule has 7 nitrogen and oxygen atoms in total. The minimum atomic E-state index is 0.369. The Morgan fingerprint density at radius 1 is 1.22 bits per heavy atom. The highest BCUT2D eigenvalue weighted by atomic mass is 32.1. The van der Waals surface area contributed by atoms with Crippen LogP contribution in [0.4, 0.5) is 5.13 Å². The highest BCUT2D eigenvalue weighted by Crippen LogP contribution is 2.41. The molecule has 1 saturated carbocycles. The van der Waals surface area contributed by atoms with Crippen molar-refractivity contribution in [2.45, 2.75) is 65.0 Å². The van der Waals surface area contributed by atoms with E-state index in [2.05, 4.69) is 64.8 Å². The summed E-state index contributed by atoms with van der Waals surface area (Å²) < 4.78 is 1.87. The fraction of sp³-hybridized carbons (Fsp3) is 0.542. The van der Waals surface area contributed by atoms with Crippen LogP contribution < -0.4 is 4.90 Å². The maximum atomic E-state index is 5.19. The summed E-state index contributed by atoms with van der Waals surface area (Å²) in [7, 11) is 0. The number of hydrogen-bond acceptors (Lipinski definition) is 6. The average molecular weight is 450 g/mol. The molecule has 5 heterocycles. The van der Waals surface area contributed by atoms with Gasteiger partial charge in [-0.05, 0) is 44.2 Å². The standard InChI is InChI=1S/C24H31N7S/c1-14(2)19-20(17-10-15(3)22-25-13-26-31(22)12-17)27-23-21(19)28-24(32-23)30-9-8-29(11-16(30)4)18-6-5-7-18/h10,12-14,16,18,27H,5-9,11H2,1-4H3. The topological polar surface area (TPSA) is 65.4 Å². The van der Waals surface area contributed by atoms with Gasteiger partial charge in [0.25, 0.3) is 0 Å². The predicted molar refractivity (Wildman–Crippen MR) is 131 cm³/mol. The van der Waals surface area contributed by atoms with Crippen molar-refractivity contribution in [2.24, 2.45) is 0 Å². The van der Waals surface area contributed by atoms with Crippen LogP contribution in [0.25, 0.3) is 27.3 Å². The molecule has 168 valence electrons. The molecule has 0 radical (unpaired) electrons. The van der Waals surface area contributed by atoms with Crippen LogP contribution in [0.2, 0.25) is 0 Å². The lowest BCUT2D eigenvalue weighted by Gasteiger charge is -2.46. The molecule has 6 rings (SSSR count). The minimum absolute atomic E-state index is 0.369. The van der Waals surface area contributed by atoms with Gasteiger partial charge in [0.1, 0.15) is 16.7 Å². The van der Waals surface area contributed by atoms with Crippen LogP contribution in [0, 0.1) is 6.92 Å². The first-order chi connectivity index (χ1) is 15.5. The quantitative estimate of drug-likeness (QED) is 0.483. The summed E-state index contributed by atoms with van der Waals surface area (Å²) in [5.41, 5.74) is 6.74. The lowest BCUT2D eigenvalue weighted by Crippen LogP contribution is -2.56. The van der Waals surface area contributed by atoms with Gasteiger partial charge < -0.3 is 9.88 Å². The van der Waals surface area contributed by atoms with Crippen molar-refractivity contribution >= 4 is 32.5 Å². The number of nitrogens with one attached hydrogen (secondary N) is 1. The van der Waals surface area contributed by atoms with Gasteiger partial charge in [-0.25, -0.2) is 14.5 Å². The Morgan fingerprint density at radius 2 is 2.06 bits per heavy atom. The highest BCUT2D eigenvalue weighted by molar-refractivity contribution is 7.21. The molecule has 2 aliphatic rings. The number of piperazine rings is 1. The number of aromatic amines is 1. The summed E-state index contributed by atoms with van der Waals surface area (Å²) in [5, 5.41) is 5.52. The molecule has 0 amide bonds. The van der Waals surface area contributed by atoms with Gasteiger partial charge in [0.2, 0.25) is 0 Å². The van der Waals surface area contributed by atoms with E-state index >= 15 is 0 Å². The van der Waals surface area contributed by atoms with Gasteiger partial charge in [0, 0.05) is 49.0 Å². The van der Waals surface area contributed by atoms with Gasteiger partial charge in [-0.1, -0.05) is 31.6 Å². The van der Waals surface area contributed by atoms with E-state index in [1.165, 1.54) is 29.7 Å². The molecule has 1 saturated heterocycles. The van der Waals surface area contributed by atoms with Crippen molar-refractivity contribution in [3.8, 4) is 11.3 Å². The summed E-state index contributed by atoms with van der Waals surface area (Å²) in [4.78, 5) is 19.7. The van der Waals surface area contributed by atoms with E-state index in [9.17, 15) is 0 Å². The fourth-order valence-electron chi connectivity index (χ4n) is 5.37. The van der Waals surface area contributed by atoms with Crippen molar-refractivity contribution in [1.82, 2.24) is 29.5 Å². The van der Waals surface area contributed by atoms with Crippen LogP contribution in [-0.4, -0.2) is 61.2 Å². The Kier molecular flexibility index (Phi) is 4.76. The third kappa shape index (κ3) is 3.15. The molecule has 2 fully saturated rings. The van der Waals surface area contributed by atoms with Crippen molar-refractivity contribution in [2.75, 3.05) is 24.5 Å². The van der Waals surface area contributed by atoms with Crippen LogP contribution >= 0.6 is 11.3 Å². The predicted octanol–water partition coefficient (Wildman–Crippen LogP) is 4.83. The van der Waals surface area contributed by atoms with Crippen LogP contribution in [0.1, 0.15) is 57.1 Å². The van der Waals surface area contributed by atoms with Crippen molar-refractivity contribution in [1.29, 1.82) is 0 Å². The number of aryl methyl sites for hydroxylation is 1. The average Bonchev–Trinajstić information content (AvgIpc) is 3.40. The van der Waals surface area contributed by atoms with E-state index < -0.39 is 0 Å². The Bertz CT molecular complexity index is 1280. The summed E-state index contributed by atoms with van der Waals surface area (Å²) in [5.74, 6) is 0.369. The molecule has 1 atom stereocenters. The van der Waals surface area contributed by atoms with Gasteiger partial charge in [0.15, 0.2) is 10.8 Å². The molecule has 4 aromatic heterocycles. The second kappa shape index (κ2) is 7.56. The number of anilines is 1. The van der Waals surface area contributed by atoms with Crippen molar-refractivity contribution in [3.05, 3.63) is 29.7 Å². The molecule has 8 heteroatoms. The maximum Gasteiger partial charge on any atom is 0.188 e. The highest BCUT2D eigenvalue weighted by Gasteiger charge is 2.33. The first-order valence-electron chi connectivity index (χ1n) is 11.8. The summed E-state index contributed by atoms with van der Waals surface area (Å²) in [6.07, 6.45) is 7.85. The third-order valence-corrected chi connectivity index (χ3v) is 8.31. The molecule has 32 heavy (non-hydrogen) atoms. The molecule has 0 aromatic carbocycles. The van der Waals surface area contributed by atoms with E-state index in [-0.39, 0.29) is 0 Å². The monoisotopic (exact) mass is 449 g/mol. The molecule has 1 unspecified atom stereocenters. The number of thiazole rings is 1. The largest absolute Gasteiger partial charge is 0.345 e. The lowest BCUT2D eigenvalue weighted by molar-refractivity contribution is 0.106. The Labute approximate surface area is 192 Å². The first-order valence-corrected chi connectivity index (χ1v) is 12.6. The van der Waals surface area contributed by atoms with E-state index in [4.69, 9.17) is 4.98 Å². The van der Waals surface area contributed by atoms with Crippen LogP contribution in [0.15, 0.2) is 18.6 Å². The number of aromatic nitrogens is 5. The number of pyridine rings is 1. The molecular formula is C24H31N7S. The lowest BCUT2D eigenvalue weighted by atomic mass is 9.90. The SMILES string of the molecule is Cc1cc(-c2[nH]c3sc(N4CCN(C5CCC5)CC4C)nc3c2C(C)C)cn2ncnc12. The van der Waals surface area contributed by atoms with E-state index in [1.54, 1.807) is 17.7 Å². The van der Waals surface area contributed by atoms with Gasteiger partial charge >= 0.3 is 0 Å². The molecule has 0 bridgehead atoms. The normalized spacial score (nSPS) is 20.7. The fourth-order valence-corrected chi connectivity index (χ4v) is 6.49. The van der Waals surface area contributed by atoms with Crippen LogP contribution in [0.3, 0.4) is 0 Å². The maximum absolute atomic E-state index is 5.19. The first kappa shape index (κ1) is 20.2. The van der Waals surface area contributed by atoms with E-state index in [1.807, 2.05) is 4.52 Å². The minimum Gasteiger partial charge on any atom is -0.345 e. The van der Waals surface area contributed by atoms with Gasteiger partial charge in [0.05, 0.1) is 5.69 Å². The zero-order valence-electron chi connectivity index (χ0n) is 19.3. The van der Waals surface area contributed by atoms with Crippen LogP contribution in [0.5, 0.6) is 0 Å². The number of hydrogen-bond donors (Lipinski definition) is 1. The number of fused-ring (bicyclic) bond motifs is 2. The zero-order valence-corrected chi connectivity index (χ0v) is 20.1. The second-order valence-corrected chi connectivity index (χ2v) is 10.8. The molecule has 0 spiro atoms. The molecule has 1 aliphatic carbocycles. The Balaban J connectivity index is 1.36.